The maximum absolute atomic E-state index is 14.2. The van der Waals surface area contributed by atoms with Gasteiger partial charge < -0.3 is 9.64 Å². The fourth-order valence-electron chi connectivity index (χ4n) is 5.06. The van der Waals surface area contributed by atoms with Crippen LogP contribution >= 0.6 is 23.2 Å². The first-order chi connectivity index (χ1) is 18.1. The number of esters is 1. The molecule has 214 valence electrons. The number of methoxy groups -OCH3 is 1. The van der Waals surface area contributed by atoms with E-state index in [4.69, 9.17) is 27.9 Å². The number of benzene rings is 2. The maximum atomic E-state index is 14.2. The standard InChI is InChI=1S/C26H29Cl2F3N2O5S/c1-4-20(15-32-39(36,37)26(29,30)31)33-23(16-8-10-18(27)11-9-16)21(17-6-5-7-19(28)12-17)13-25(2,24(33)35)14-22(34)38-3/h5-12,20-21,23,32H,4,13-15H2,1-3H3/t20-,21+,23+,25-/m0/s1. The molecule has 0 bridgehead atoms. The first-order valence-electron chi connectivity index (χ1n) is 12.1. The van der Waals surface area contributed by atoms with E-state index in [9.17, 15) is 31.2 Å². The number of halogens is 5. The maximum Gasteiger partial charge on any atom is 0.511 e. The topological polar surface area (TPSA) is 92.8 Å². The number of ether oxygens (including phenoxy) is 1. The van der Waals surface area contributed by atoms with Gasteiger partial charge in [-0.1, -0.05) is 61.3 Å². The van der Waals surface area contributed by atoms with E-state index in [1.165, 1.54) is 12.0 Å². The van der Waals surface area contributed by atoms with Crippen molar-refractivity contribution in [2.75, 3.05) is 13.7 Å². The molecule has 39 heavy (non-hydrogen) atoms. The summed E-state index contributed by atoms with van der Waals surface area (Å²) >= 11 is 12.4. The number of carbonyl (C=O) groups excluding carboxylic acids is 2. The number of amides is 1. The zero-order valence-electron chi connectivity index (χ0n) is 21.5. The summed E-state index contributed by atoms with van der Waals surface area (Å²) < 4.78 is 69.4. The number of alkyl halides is 3. The molecule has 1 aliphatic rings. The van der Waals surface area contributed by atoms with Gasteiger partial charge in [0.1, 0.15) is 0 Å². The molecule has 0 unspecified atom stereocenters. The second-order valence-electron chi connectivity index (χ2n) is 9.75. The molecule has 2 aromatic rings. The van der Waals surface area contributed by atoms with E-state index in [0.29, 0.717) is 15.6 Å². The molecule has 0 saturated carbocycles. The second kappa shape index (κ2) is 12.0. The Bertz CT molecular complexity index is 1310. The fourth-order valence-corrected chi connectivity index (χ4v) is 5.97. The van der Waals surface area contributed by atoms with Gasteiger partial charge in [0, 0.05) is 28.5 Å². The summed E-state index contributed by atoms with van der Waals surface area (Å²) in [7, 11) is -4.47. The Balaban J connectivity index is 2.20. The highest BCUT2D eigenvalue weighted by atomic mass is 35.5. The van der Waals surface area contributed by atoms with Gasteiger partial charge in [0.25, 0.3) is 0 Å². The molecule has 1 saturated heterocycles. The normalized spacial score (nSPS) is 23.0. The van der Waals surface area contributed by atoms with E-state index in [2.05, 4.69) is 0 Å². The van der Waals surface area contributed by atoms with Crippen molar-refractivity contribution in [3.63, 3.8) is 0 Å². The van der Waals surface area contributed by atoms with Crippen LogP contribution in [0.3, 0.4) is 0 Å². The van der Waals surface area contributed by atoms with Gasteiger partial charge in [0.15, 0.2) is 0 Å². The Morgan fingerprint density at radius 2 is 1.79 bits per heavy atom. The minimum absolute atomic E-state index is 0.118. The number of hydrogen-bond donors (Lipinski definition) is 1. The van der Waals surface area contributed by atoms with Crippen LogP contribution in [0.5, 0.6) is 0 Å². The number of hydrogen-bond acceptors (Lipinski definition) is 5. The Morgan fingerprint density at radius 3 is 2.33 bits per heavy atom. The van der Waals surface area contributed by atoms with Crippen LogP contribution in [0.4, 0.5) is 13.2 Å². The van der Waals surface area contributed by atoms with Crippen LogP contribution in [0.15, 0.2) is 48.5 Å². The van der Waals surface area contributed by atoms with Gasteiger partial charge >= 0.3 is 21.5 Å². The lowest BCUT2D eigenvalue weighted by atomic mass is 9.67. The summed E-state index contributed by atoms with van der Waals surface area (Å²) in [5.41, 5.74) is -5.45. The third kappa shape index (κ3) is 6.87. The van der Waals surface area contributed by atoms with Crippen molar-refractivity contribution in [2.45, 2.75) is 56.6 Å². The third-order valence-corrected chi connectivity index (χ3v) is 8.67. The Hall–Kier alpha value is -2.34. The fraction of sp³-hybridized carbons (Fsp3) is 0.462. The number of nitrogens with zero attached hydrogens (tertiary/aromatic N) is 1. The average Bonchev–Trinajstić information content (AvgIpc) is 2.86. The summed E-state index contributed by atoms with van der Waals surface area (Å²) in [5, 5.41) is 0.873. The van der Waals surface area contributed by atoms with Crippen LogP contribution in [0.25, 0.3) is 0 Å². The molecule has 4 atom stereocenters. The number of carbonyl (C=O) groups is 2. The smallest absolute Gasteiger partial charge is 0.469 e. The van der Waals surface area contributed by atoms with Gasteiger partial charge in [-0.05, 0) is 48.2 Å². The van der Waals surface area contributed by atoms with Gasteiger partial charge in [-0.2, -0.15) is 13.2 Å². The molecule has 0 aromatic heterocycles. The number of rotatable bonds is 9. The van der Waals surface area contributed by atoms with Gasteiger partial charge in [0.05, 0.1) is 25.0 Å². The van der Waals surface area contributed by atoms with Crippen LogP contribution in [0.1, 0.15) is 56.2 Å². The van der Waals surface area contributed by atoms with Gasteiger partial charge in [-0.3, -0.25) is 9.59 Å². The molecule has 1 N–H and O–H groups in total. The first-order valence-corrected chi connectivity index (χ1v) is 14.3. The first kappa shape index (κ1) is 31.2. The second-order valence-corrected chi connectivity index (χ2v) is 12.4. The highest BCUT2D eigenvalue weighted by Crippen LogP contribution is 2.52. The SMILES string of the molecule is CC[C@@H](CNS(=O)(=O)C(F)(F)F)N1C(=O)[C@](C)(CC(=O)OC)C[C@H](c2cccc(Cl)c2)[C@H]1c1ccc(Cl)cc1. The molecule has 1 aliphatic heterocycles. The number of sulfonamides is 1. The lowest BCUT2D eigenvalue weighted by Gasteiger charge is -2.52. The molecular formula is C26H29Cl2F3N2O5S. The van der Waals surface area contributed by atoms with Gasteiger partial charge in [-0.15, -0.1) is 0 Å². The molecule has 3 rings (SSSR count). The summed E-state index contributed by atoms with van der Waals surface area (Å²) in [5.74, 6) is -1.61. The molecule has 0 radical (unpaired) electrons. The van der Waals surface area contributed by atoms with Crippen molar-refractivity contribution < 1.29 is 35.9 Å². The molecule has 1 fully saturated rings. The molecule has 13 heteroatoms. The largest absolute Gasteiger partial charge is 0.511 e. The van der Waals surface area contributed by atoms with Crippen LogP contribution in [0.2, 0.25) is 10.0 Å². The lowest BCUT2D eigenvalue weighted by Crippen LogP contribution is -2.58. The molecule has 2 aromatic carbocycles. The van der Waals surface area contributed by atoms with Crippen molar-refractivity contribution in [1.82, 2.24) is 9.62 Å². The summed E-state index contributed by atoms with van der Waals surface area (Å²) in [4.78, 5) is 28.0. The van der Waals surface area contributed by atoms with E-state index < -0.39 is 57.4 Å². The minimum Gasteiger partial charge on any atom is -0.469 e. The molecule has 0 aliphatic carbocycles. The average molecular weight is 609 g/mol. The highest BCUT2D eigenvalue weighted by molar-refractivity contribution is 7.90. The van der Waals surface area contributed by atoms with Gasteiger partial charge in [-0.25, -0.2) is 13.1 Å². The van der Waals surface area contributed by atoms with Crippen molar-refractivity contribution in [1.29, 1.82) is 0 Å². The minimum atomic E-state index is -5.67. The van der Waals surface area contributed by atoms with E-state index in [1.807, 2.05) is 6.07 Å². The third-order valence-electron chi connectivity index (χ3n) is 7.03. The zero-order valence-corrected chi connectivity index (χ0v) is 23.8. The highest BCUT2D eigenvalue weighted by Gasteiger charge is 2.53. The molecular weight excluding hydrogens is 580 g/mol. The summed E-state index contributed by atoms with van der Waals surface area (Å²) in [6.07, 6.45) is 0.0243. The van der Waals surface area contributed by atoms with Gasteiger partial charge in [0.2, 0.25) is 5.91 Å². The van der Waals surface area contributed by atoms with Crippen molar-refractivity contribution in [2.24, 2.45) is 5.41 Å². The van der Waals surface area contributed by atoms with E-state index in [0.717, 1.165) is 5.56 Å². The molecule has 1 heterocycles. The van der Waals surface area contributed by atoms with Crippen LogP contribution < -0.4 is 4.72 Å². The summed E-state index contributed by atoms with van der Waals surface area (Å²) in [6.45, 7) is 2.55. The Labute approximate surface area is 235 Å². The summed E-state index contributed by atoms with van der Waals surface area (Å²) in [6, 6.07) is 11.9. The van der Waals surface area contributed by atoms with Crippen molar-refractivity contribution in [3.8, 4) is 0 Å². The monoisotopic (exact) mass is 608 g/mol. The number of piperidine rings is 1. The van der Waals surface area contributed by atoms with E-state index in [-0.39, 0.29) is 19.3 Å². The predicted molar refractivity (Wildman–Crippen MR) is 142 cm³/mol. The van der Waals surface area contributed by atoms with Crippen LogP contribution in [-0.4, -0.2) is 50.4 Å². The zero-order chi connectivity index (χ0) is 29.2. The van der Waals surface area contributed by atoms with Crippen LogP contribution in [0, 0.1) is 5.41 Å². The van der Waals surface area contributed by atoms with E-state index in [1.54, 1.807) is 61.0 Å². The van der Waals surface area contributed by atoms with Crippen molar-refractivity contribution >= 4 is 45.1 Å². The van der Waals surface area contributed by atoms with Crippen molar-refractivity contribution in [3.05, 3.63) is 69.7 Å². The Morgan fingerprint density at radius 1 is 1.15 bits per heavy atom. The predicted octanol–water partition coefficient (Wildman–Crippen LogP) is 5.84. The quantitative estimate of drug-likeness (QED) is 0.361. The van der Waals surface area contributed by atoms with E-state index >= 15 is 0 Å². The molecule has 7 nitrogen and oxygen atoms in total. The van der Waals surface area contributed by atoms with Crippen LogP contribution in [-0.2, 0) is 24.3 Å². The molecule has 0 spiro atoms. The molecule has 1 amide bonds. The Kier molecular flexibility index (Phi) is 9.63. The number of likely N-dealkylation sites (tertiary alicyclic amines) is 1. The number of nitrogens with one attached hydrogen (secondary N) is 1. The lowest BCUT2D eigenvalue weighted by molar-refractivity contribution is -0.161.